The molecule has 0 atom stereocenters. The molecule has 0 aromatic rings. The van der Waals surface area contributed by atoms with Crippen molar-refractivity contribution < 1.29 is 4.74 Å². The molecule has 0 saturated carbocycles. The van der Waals surface area contributed by atoms with E-state index >= 15 is 0 Å². The van der Waals surface area contributed by atoms with E-state index in [1.54, 1.807) is 7.05 Å². The molecule has 0 aliphatic rings. The number of halogens is 1. The standard InChI is InChI=1S/C11H25N3O.HI/c1-5-6-13-11(12-4)14-7-8-15-9-10(2)3;/h10H,5-9H2,1-4H3,(H2,12,13,14);1H. The lowest BCUT2D eigenvalue weighted by atomic mass is 10.2. The number of aliphatic imine (C=N–C) groups is 1. The van der Waals surface area contributed by atoms with Crippen LogP contribution in [-0.4, -0.2) is 39.3 Å². The van der Waals surface area contributed by atoms with Crippen LogP contribution in [0.4, 0.5) is 0 Å². The van der Waals surface area contributed by atoms with Crippen molar-refractivity contribution in [2.75, 3.05) is 33.4 Å². The zero-order valence-corrected chi connectivity index (χ0v) is 13.2. The first kappa shape index (κ1) is 18.3. The highest BCUT2D eigenvalue weighted by atomic mass is 127. The van der Waals surface area contributed by atoms with Crippen molar-refractivity contribution in [2.24, 2.45) is 10.9 Å². The summed E-state index contributed by atoms with van der Waals surface area (Å²) >= 11 is 0. The van der Waals surface area contributed by atoms with Crippen LogP contribution >= 0.6 is 24.0 Å². The molecule has 16 heavy (non-hydrogen) atoms. The Morgan fingerprint density at radius 3 is 2.38 bits per heavy atom. The summed E-state index contributed by atoms with van der Waals surface area (Å²) < 4.78 is 5.45. The van der Waals surface area contributed by atoms with E-state index < -0.39 is 0 Å². The predicted molar refractivity (Wildman–Crippen MR) is 80.7 cm³/mol. The number of hydrogen-bond donors (Lipinski definition) is 2. The van der Waals surface area contributed by atoms with E-state index in [1.807, 2.05) is 0 Å². The van der Waals surface area contributed by atoms with Gasteiger partial charge in [-0.15, -0.1) is 24.0 Å². The van der Waals surface area contributed by atoms with Gasteiger partial charge in [0.2, 0.25) is 0 Å². The second-order valence-corrected chi connectivity index (χ2v) is 3.89. The van der Waals surface area contributed by atoms with Crippen LogP contribution in [0.1, 0.15) is 27.2 Å². The van der Waals surface area contributed by atoms with E-state index in [1.165, 1.54) is 0 Å². The van der Waals surface area contributed by atoms with Gasteiger partial charge >= 0.3 is 0 Å². The summed E-state index contributed by atoms with van der Waals surface area (Å²) in [6, 6.07) is 0. The normalized spacial score (nSPS) is 11.2. The summed E-state index contributed by atoms with van der Waals surface area (Å²) in [6.07, 6.45) is 1.10. The van der Waals surface area contributed by atoms with Gasteiger partial charge in [-0.05, 0) is 12.3 Å². The number of hydrogen-bond acceptors (Lipinski definition) is 2. The van der Waals surface area contributed by atoms with Gasteiger partial charge in [0.15, 0.2) is 5.96 Å². The summed E-state index contributed by atoms with van der Waals surface area (Å²) in [6.45, 7) is 9.73. The Kier molecular flexibility index (Phi) is 14.9. The van der Waals surface area contributed by atoms with Crippen molar-refractivity contribution in [3.05, 3.63) is 0 Å². The molecule has 0 aliphatic heterocycles. The molecule has 4 nitrogen and oxygen atoms in total. The smallest absolute Gasteiger partial charge is 0.191 e. The molecule has 98 valence electrons. The lowest BCUT2D eigenvalue weighted by molar-refractivity contribution is 0.114. The summed E-state index contributed by atoms with van der Waals surface area (Å²) in [4.78, 5) is 4.10. The van der Waals surface area contributed by atoms with Crippen LogP contribution in [0.3, 0.4) is 0 Å². The van der Waals surface area contributed by atoms with Gasteiger partial charge < -0.3 is 15.4 Å². The minimum absolute atomic E-state index is 0. The monoisotopic (exact) mass is 343 g/mol. The molecule has 0 aromatic carbocycles. The largest absolute Gasteiger partial charge is 0.379 e. The molecule has 0 amide bonds. The predicted octanol–water partition coefficient (Wildman–Crippen LogP) is 1.85. The van der Waals surface area contributed by atoms with Gasteiger partial charge in [-0.1, -0.05) is 20.8 Å². The molecule has 0 aromatic heterocycles. The topological polar surface area (TPSA) is 45.7 Å². The van der Waals surface area contributed by atoms with Gasteiger partial charge in [0.25, 0.3) is 0 Å². The van der Waals surface area contributed by atoms with E-state index in [4.69, 9.17) is 4.74 Å². The van der Waals surface area contributed by atoms with Crippen molar-refractivity contribution >= 4 is 29.9 Å². The average molecular weight is 343 g/mol. The van der Waals surface area contributed by atoms with E-state index in [0.717, 1.165) is 38.7 Å². The summed E-state index contributed by atoms with van der Waals surface area (Å²) in [5.41, 5.74) is 0. The maximum atomic E-state index is 5.45. The van der Waals surface area contributed by atoms with Gasteiger partial charge in [0, 0.05) is 26.7 Å². The Morgan fingerprint density at radius 2 is 1.88 bits per heavy atom. The third kappa shape index (κ3) is 12.0. The third-order valence-corrected chi connectivity index (χ3v) is 1.76. The summed E-state index contributed by atoms with van der Waals surface area (Å²) in [5, 5.41) is 6.39. The first-order chi connectivity index (χ1) is 7.20. The molecule has 0 spiro atoms. The first-order valence-corrected chi connectivity index (χ1v) is 5.73. The number of ether oxygens (including phenoxy) is 1. The quantitative estimate of drug-likeness (QED) is 0.321. The van der Waals surface area contributed by atoms with Crippen LogP contribution in [0.5, 0.6) is 0 Å². The lowest BCUT2D eigenvalue weighted by Crippen LogP contribution is -2.39. The Morgan fingerprint density at radius 1 is 1.25 bits per heavy atom. The van der Waals surface area contributed by atoms with Gasteiger partial charge in [-0.3, -0.25) is 4.99 Å². The highest BCUT2D eigenvalue weighted by molar-refractivity contribution is 14.0. The molecule has 5 heteroatoms. The molecular formula is C11H26IN3O. The van der Waals surface area contributed by atoms with E-state index in [2.05, 4.69) is 36.4 Å². The fourth-order valence-corrected chi connectivity index (χ4v) is 1.02. The van der Waals surface area contributed by atoms with Crippen LogP contribution in [0, 0.1) is 5.92 Å². The number of rotatable bonds is 7. The SMILES string of the molecule is CCCNC(=NC)NCCOCC(C)C.I. The van der Waals surface area contributed by atoms with Crippen molar-refractivity contribution in [1.29, 1.82) is 0 Å². The minimum Gasteiger partial charge on any atom is -0.379 e. The van der Waals surface area contributed by atoms with Crippen LogP contribution in [0.15, 0.2) is 4.99 Å². The van der Waals surface area contributed by atoms with Crippen LogP contribution in [0.25, 0.3) is 0 Å². The van der Waals surface area contributed by atoms with E-state index in [0.29, 0.717) is 5.92 Å². The number of nitrogens with zero attached hydrogens (tertiary/aromatic N) is 1. The fourth-order valence-electron chi connectivity index (χ4n) is 1.02. The van der Waals surface area contributed by atoms with Gasteiger partial charge in [-0.25, -0.2) is 0 Å². The van der Waals surface area contributed by atoms with Gasteiger partial charge in [-0.2, -0.15) is 0 Å². The van der Waals surface area contributed by atoms with Gasteiger partial charge in [0.05, 0.1) is 6.61 Å². The van der Waals surface area contributed by atoms with Crippen LogP contribution in [0.2, 0.25) is 0 Å². The molecule has 2 N–H and O–H groups in total. The molecule has 0 rings (SSSR count). The highest BCUT2D eigenvalue weighted by Crippen LogP contribution is 1.90. The average Bonchev–Trinajstić information content (AvgIpc) is 2.21. The Bertz CT molecular complexity index is 175. The van der Waals surface area contributed by atoms with Crippen molar-refractivity contribution in [3.63, 3.8) is 0 Å². The van der Waals surface area contributed by atoms with Crippen LogP contribution < -0.4 is 10.6 Å². The zero-order chi connectivity index (χ0) is 11.5. The van der Waals surface area contributed by atoms with E-state index in [9.17, 15) is 0 Å². The maximum Gasteiger partial charge on any atom is 0.191 e. The fraction of sp³-hybridized carbons (Fsp3) is 0.909. The van der Waals surface area contributed by atoms with Crippen LogP contribution in [-0.2, 0) is 4.74 Å². The maximum absolute atomic E-state index is 5.45. The number of nitrogens with one attached hydrogen (secondary N) is 2. The Balaban J connectivity index is 0. The second-order valence-electron chi connectivity index (χ2n) is 3.89. The highest BCUT2D eigenvalue weighted by Gasteiger charge is 1.96. The Hall–Kier alpha value is -0.0400. The molecule has 0 aliphatic carbocycles. The Labute approximate surface area is 117 Å². The van der Waals surface area contributed by atoms with Gasteiger partial charge in [0.1, 0.15) is 0 Å². The van der Waals surface area contributed by atoms with Crippen molar-refractivity contribution in [3.8, 4) is 0 Å². The summed E-state index contributed by atoms with van der Waals surface area (Å²) in [5.74, 6) is 1.45. The third-order valence-electron chi connectivity index (χ3n) is 1.76. The van der Waals surface area contributed by atoms with E-state index in [-0.39, 0.29) is 24.0 Å². The zero-order valence-electron chi connectivity index (χ0n) is 10.9. The van der Waals surface area contributed by atoms with Crippen molar-refractivity contribution in [2.45, 2.75) is 27.2 Å². The molecule has 0 heterocycles. The minimum atomic E-state index is 0. The molecule has 0 unspecified atom stereocenters. The first-order valence-electron chi connectivity index (χ1n) is 5.73. The second kappa shape index (κ2) is 13.0. The molecule has 0 fully saturated rings. The number of guanidine groups is 1. The molecular weight excluding hydrogens is 317 g/mol. The molecule has 0 saturated heterocycles. The lowest BCUT2D eigenvalue weighted by Gasteiger charge is -2.11. The molecule has 0 bridgehead atoms. The summed E-state index contributed by atoms with van der Waals surface area (Å²) in [7, 11) is 1.78. The van der Waals surface area contributed by atoms with Crippen molar-refractivity contribution in [1.82, 2.24) is 10.6 Å². The molecule has 0 radical (unpaired) electrons.